The maximum atomic E-state index is 12.4. The fourth-order valence-electron chi connectivity index (χ4n) is 10.7. The van der Waals surface area contributed by atoms with E-state index in [4.69, 9.17) is 11.3 Å². The second kappa shape index (κ2) is 12.3. The molecule has 11 rings (SSSR count). The lowest BCUT2D eigenvalue weighted by atomic mass is 9.81. The molecule has 0 N–H and O–H groups in total. The third-order valence-corrected chi connectivity index (χ3v) is 16.2. The Morgan fingerprint density at radius 1 is 0.583 bits per heavy atom. The van der Waals surface area contributed by atoms with Crippen molar-refractivity contribution in [3.8, 4) is 32.7 Å². The third kappa shape index (κ3) is 4.97. The van der Waals surface area contributed by atoms with Gasteiger partial charge in [0.05, 0.1) is 11.3 Å². The highest BCUT2D eigenvalue weighted by Crippen LogP contribution is 2.59. The van der Waals surface area contributed by atoms with Crippen molar-refractivity contribution >= 4 is 61.2 Å². The first kappa shape index (κ1) is 37.0. The Morgan fingerprint density at radius 3 is 1.63 bits per heavy atom. The van der Waals surface area contributed by atoms with Crippen LogP contribution in [0.1, 0.15) is 93.6 Å². The van der Waals surface area contributed by atoms with Crippen LogP contribution in [0.2, 0.25) is 0 Å². The van der Waals surface area contributed by atoms with E-state index in [9.17, 15) is 4.79 Å². The van der Waals surface area contributed by atoms with E-state index < -0.39 is 11.6 Å². The van der Waals surface area contributed by atoms with Crippen LogP contribution in [-0.2, 0) is 25.8 Å². The zero-order chi connectivity index (χ0) is 41.7. The van der Waals surface area contributed by atoms with Gasteiger partial charge in [-0.05, 0) is 124 Å². The average molecular weight is 817 g/mol. The molecule has 5 aromatic carbocycles. The van der Waals surface area contributed by atoms with Gasteiger partial charge in [0.1, 0.15) is 5.60 Å². The SMILES string of the molecule is [C-]#[N+]C1=C(/C=C/c2cc3sc4c(c3s2)C(C)(C)c2cc(N(c3ccc5c(c3)C(C)(C)c3ccccc3-5)c3ccc5c(c3)C(C)(C)c3ccccc3-5)ccc2-4)C(C)(C)OC1=O. The second-order valence-corrected chi connectivity index (χ2v) is 20.9. The van der Waals surface area contributed by atoms with Crippen molar-refractivity contribution in [3.63, 3.8) is 0 Å². The van der Waals surface area contributed by atoms with Crippen LogP contribution in [0.3, 0.4) is 0 Å². The molecule has 0 saturated heterocycles. The van der Waals surface area contributed by atoms with Gasteiger partial charge in [-0.3, -0.25) is 4.79 Å². The van der Waals surface area contributed by atoms with E-state index in [1.54, 1.807) is 11.3 Å². The molecule has 3 heterocycles. The van der Waals surface area contributed by atoms with Gasteiger partial charge in [-0.25, -0.2) is 4.85 Å². The van der Waals surface area contributed by atoms with Gasteiger partial charge in [0.15, 0.2) is 0 Å². The number of ether oxygens (including phenoxy) is 1. The van der Waals surface area contributed by atoms with Crippen LogP contribution >= 0.6 is 22.7 Å². The van der Waals surface area contributed by atoms with Crippen molar-refractivity contribution in [2.24, 2.45) is 0 Å². The minimum absolute atomic E-state index is 0.0688. The second-order valence-electron chi connectivity index (χ2n) is 18.7. The number of hydrogen-bond acceptors (Lipinski definition) is 5. The molecule has 2 aromatic heterocycles. The maximum Gasteiger partial charge on any atom is 0.337 e. The molecule has 0 fully saturated rings. The zero-order valence-electron chi connectivity index (χ0n) is 35.1. The summed E-state index contributed by atoms with van der Waals surface area (Å²) in [4.78, 5) is 20.8. The molecule has 1 aliphatic heterocycles. The molecule has 294 valence electrons. The lowest BCUT2D eigenvalue weighted by molar-refractivity contribution is -0.144. The highest BCUT2D eigenvalue weighted by molar-refractivity contribution is 7.30. The zero-order valence-corrected chi connectivity index (χ0v) is 36.7. The van der Waals surface area contributed by atoms with Crippen molar-refractivity contribution in [1.29, 1.82) is 0 Å². The van der Waals surface area contributed by atoms with E-state index in [1.807, 2.05) is 37.3 Å². The first-order chi connectivity index (χ1) is 28.6. The van der Waals surface area contributed by atoms with E-state index in [0.29, 0.717) is 5.57 Å². The monoisotopic (exact) mass is 816 g/mol. The molecule has 60 heavy (non-hydrogen) atoms. The fraction of sp³-hybridized carbons (Fsp3) is 0.222. The molecule has 0 bridgehead atoms. The van der Waals surface area contributed by atoms with Gasteiger partial charge in [0.25, 0.3) is 5.70 Å². The smallest absolute Gasteiger partial charge is 0.337 e. The summed E-state index contributed by atoms with van der Waals surface area (Å²) in [7, 11) is 0. The van der Waals surface area contributed by atoms with Gasteiger partial charge in [0.2, 0.25) is 0 Å². The van der Waals surface area contributed by atoms with Crippen LogP contribution in [0, 0.1) is 6.57 Å². The molecule has 0 unspecified atom stereocenters. The Kier molecular flexibility index (Phi) is 7.58. The number of carbonyl (C=O) groups excluding carboxylic acids is 1. The van der Waals surface area contributed by atoms with Gasteiger partial charge in [-0.1, -0.05) is 114 Å². The Balaban J connectivity index is 1.03. The molecule has 0 amide bonds. The minimum atomic E-state index is -0.833. The molecule has 0 atom stereocenters. The van der Waals surface area contributed by atoms with Crippen molar-refractivity contribution < 1.29 is 9.53 Å². The minimum Gasteiger partial charge on any atom is -0.461 e. The number of fused-ring (bicyclic) bond motifs is 11. The first-order valence-electron chi connectivity index (χ1n) is 20.7. The summed E-state index contributed by atoms with van der Waals surface area (Å²) in [6.07, 6.45) is 3.93. The predicted octanol–water partition coefficient (Wildman–Crippen LogP) is 14.9. The molecule has 0 spiro atoms. The van der Waals surface area contributed by atoms with E-state index in [0.717, 1.165) is 21.9 Å². The summed E-state index contributed by atoms with van der Waals surface area (Å²) in [5.74, 6) is -0.548. The normalized spacial score (nSPS) is 17.9. The number of benzene rings is 5. The van der Waals surface area contributed by atoms with Gasteiger partial charge >= 0.3 is 5.97 Å². The Labute approximate surface area is 359 Å². The van der Waals surface area contributed by atoms with Crippen LogP contribution in [0.15, 0.2) is 127 Å². The van der Waals surface area contributed by atoms with Gasteiger partial charge in [-0.15, -0.1) is 22.7 Å². The molecule has 7 aromatic rings. The Bertz CT molecular complexity index is 3070. The summed E-state index contributed by atoms with van der Waals surface area (Å²) in [5, 5.41) is 0. The van der Waals surface area contributed by atoms with Crippen LogP contribution in [-0.4, -0.2) is 11.6 Å². The number of cyclic esters (lactones) is 1. The van der Waals surface area contributed by atoms with Gasteiger partial charge in [0, 0.05) is 53.3 Å². The van der Waals surface area contributed by atoms with Crippen molar-refractivity contribution in [1.82, 2.24) is 0 Å². The quantitative estimate of drug-likeness (QED) is 0.128. The van der Waals surface area contributed by atoms with Crippen molar-refractivity contribution in [2.75, 3.05) is 4.90 Å². The van der Waals surface area contributed by atoms with Crippen LogP contribution in [0.25, 0.3) is 53.0 Å². The molecular weight excluding hydrogens is 773 g/mol. The Hall–Kier alpha value is -6.00. The predicted molar refractivity (Wildman–Crippen MR) is 250 cm³/mol. The number of anilines is 3. The molecular formula is C54H44N2O2S2. The fourth-order valence-corrected chi connectivity index (χ4v) is 13.6. The molecule has 6 heteroatoms. The number of nitrogens with zero attached hydrogens (tertiary/aromatic N) is 2. The topological polar surface area (TPSA) is 33.9 Å². The Morgan fingerprint density at radius 2 is 1.08 bits per heavy atom. The highest BCUT2D eigenvalue weighted by Gasteiger charge is 2.42. The third-order valence-electron chi connectivity index (χ3n) is 13.8. The van der Waals surface area contributed by atoms with E-state index in [1.165, 1.54) is 75.5 Å². The van der Waals surface area contributed by atoms with Crippen LogP contribution in [0.5, 0.6) is 0 Å². The number of carbonyl (C=O) groups is 1. The summed E-state index contributed by atoms with van der Waals surface area (Å²) in [5.41, 5.74) is 17.6. The van der Waals surface area contributed by atoms with Crippen molar-refractivity contribution in [2.45, 2.75) is 77.2 Å². The molecule has 4 aliphatic rings. The number of esters is 1. The first-order valence-corrected chi connectivity index (χ1v) is 22.3. The standard InChI is InChI=1S/C54H44N2O2S2/c1-51(2)39-16-12-10-14-34(39)36-22-18-30(26-42(36)51)56(31-19-23-37-35-15-11-13-17-40(35)52(3,4)43(37)27-31)32-20-24-38-44(28-32)53(5,6)46-48(38)60-45-29-33(59-49(45)46)21-25-41-47(55-9)50(57)58-54(41,7)8/h10-29H,1-8H3/b25-21+. The number of hydrogen-bond donors (Lipinski definition) is 0. The summed E-state index contributed by atoms with van der Waals surface area (Å²) < 4.78 is 8.07. The van der Waals surface area contributed by atoms with Gasteiger partial charge < -0.3 is 9.64 Å². The van der Waals surface area contributed by atoms with Crippen LogP contribution < -0.4 is 4.90 Å². The molecule has 4 nitrogen and oxygen atoms in total. The summed E-state index contributed by atoms with van der Waals surface area (Å²) in [6.45, 7) is 25.4. The van der Waals surface area contributed by atoms with Crippen molar-refractivity contribution in [3.05, 3.63) is 176 Å². The van der Waals surface area contributed by atoms with Crippen LogP contribution in [0.4, 0.5) is 17.1 Å². The van der Waals surface area contributed by atoms with E-state index >= 15 is 0 Å². The maximum absolute atomic E-state index is 12.4. The summed E-state index contributed by atoms with van der Waals surface area (Å²) in [6, 6.07) is 41.3. The molecule has 3 aliphatic carbocycles. The average Bonchev–Trinajstić information content (AvgIpc) is 3.99. The van der Waals surface area contributed by atoms with E-state index in [-0.39, 0.29) is 21.9 Å². The lowest BCUT2D eigenvalue weighted by Crippen LogP contribution is -2.22. The number of thiophene rings is 2. The highest BCUT2D eigenvalue weighted by atomic mass is 32.1. The molecule has 0 saturated carbocycles. The van der Waals surface area contributed by atoms with Gasteiger partial charge in [-0.2, -0.15) is 0 Å². The summed E-state index contributed by atoms with van der Waals surface area (Å²) >= 11 is 3.64. The number of rotatable bonds is 5. The molecule has 0 radical (unpaired) electrons. The lowest BCUT2D eigenvalue weighted by Gasteiger charge is -2.31. The van der Waals surface area contributed by atoms with E-state index in [2.05, 4.69) is 160 Å². The largest absolute Gasteiger partial charge is 0.461 e.